The van der Waals surface area contributed by atoms with Crippen molar-refractivity contribution >= 4 is 5.91 Å². The van der Waals surface area contributed by atoms with Crippen molar-refractivity contribution in [3.05, 3.63) is 48.6 Å². The minimum Gasteiger partial charge on any atom is -0.394 e. The lowest BCUT2D eigenvalue weighted by atomic mass is 9.99. The van der Waals surface area contributed by atoms with Crippen molar-refractivity contribution < 1.29 is 39.8 Å². The van der Waals surface area contributed by atoms with E-state index in [1.165, 1.54) is 186 Å². The molecule has 0 aromatic rings. The largest absolute Gasteiger partial charge is 0.394 e. The van der Waals surface area contributed by atoms with Crippen LogP contribution in [0, 0.1) is 0 Å². The van der Waals surface area contributed by atoms with Gasteiger partial charge in [0.2, 0.25) is 5.91 Å². The molecular weight excluding hydrogens is 875 g/mol. The monoisotopic (exact) mass is 988 g/mol. The minimum absolute atomic E-state index is 0.135. The highest BCUT2D eigenvalue weighted by Gasteiger charge is 2.44. The number of rotatable bonds is 51. The van der Waals surface area contributed by atoms with Gasteiger partial charge in [0.1, 0.15) is 24.4 Å². The summed E-state index contributed by atoms with van der Waals surface area (Å²) in [6.45, 7) is 3.73. The summed E-state index contributed by atoms with van der Waals surface area (Å²) in [6.07, 6.45) is 60.2. The van der Waals surface area contributed by atoms with E-state index in [2.05, 4.69) is 67.8 Å². The summed E-state index contributed by atoms with van der Waals surface area (Å²) in [4.78, 5) is 13.1. The van der Waals surface area contributed by atoms with Gasteiger partial charge in [-0.05, 0) is 51.4 Å². The maximum absolute atomic E-state index is 13.1. The number of aliphatic hydroxyl groups excluding tert-OH is 5. The van der Waals surface area contributed by atoms with Gasteiger partial charge >= 0.3 is 0 Å². The van der Waals surface area contributed by atoms with Crippen molar-refractivity contribution in [2.75, 3.05) is 13.2 Å². The highest BCUT2D eigenvalue weighted by atomic mass is 16.7. The Balaban J connectivity index is 2.06. The molecule has 1 amide bonds. The third-order valence-electron chi connectivity index (χ3n) is 14.2. The first kappa shape index (κ1) is 66.2. The summed E-state index contributed by atoms with van der Waals surface area (Å²) in [6, 6.07) is -0.716. The third-order valence-corrected chi connectivity index (χ3v) is 14.2. The Morgan fingerprint density at radius 2 is 0.886 bits per heavy atom. The molecule has 410 valence electrons. The van der Waals surface area contributed by atoms with Crippen LogP contribution in [-0.2, 0) is 14.3 Å². The Bertz CT molecular complexity index is 1240. The Labute approximate surface area is 431 Å². The SMILES string of the molecule is CC/C=C\C/C=C\C/C=C\C/C=C\CCCCCCCCCCCCCCCCCCCCCCCCC(=O)NC(COC1OC(CO)C(O)C(O)C1O)C(O)CCCCCCCCCCCCCC. The van der Waals surface area contributed by atoms with Crippen LogP contribution >= 0.6 is 0 Å². The molecule has 1 saturated heterocycles. The van der Waals surface area contributed by atoms with Gasteiger partial charge in [-0.3, -0.25) is 4.79 Å². The van der Waals surface area contributed by atoms with Crippen LogP contribution in [-0.4, -0.2) is 87.5 Å². The molecule has 0 bridgehead atoms. The molecule has 0 aromatic heterocycles. The fourth-order valence-corrected chi connectivity index (χ4v) is 9.51. The van der Waals surface area contributed by atoms with Crippen LogP contribution in [0.5, 0.6) is 0 Å². The van der Waals surface area contributed by atoms with E-state index in [1.807, 2.05) is 0 Å². The molecule has 1 rings (SSSR count). The average Bonchev–Trinajstić information content (AvgIpc) is 3.36. The predicted octanol–water partition coefficient (Wildman–Crippen LogP) is 14.9. The molecule has 0 aromatic carbocycles. The van der Waals surface area contributed by atoms with Crippen molar-refractivity contribution in [3.63, 3.8) is 0 Å². The lowest BCUT2D eigenvalue weighted by molar-refractivity contribution is -0.302. The molecule has 7 unspecified atom stereocenters. The zero-order valence-electron chi connectivity index (χ0n) is 45.5. The molecular formula is C61H113NO8. The van der Waals surface area contributed by atoms with Crippen LogP contribution in [0.3, 0.4) is 0 Å². The van der Waals surface area contributed by atoms with E-state index in [-0.39, 0.29) is 12.5 Å². The van der Waals surface area contributed by atoms with Gasteiger partial charge in [0, 0.05) is 6.42 Å². The number of aliphatic hydroxyl groups is 5. The van der Waals surface area contributed by atoms with Crippen molar-refractivity contribution in [1.82, 2.24) is 5.32 Å². The van der Waals surface area contributed by atoms with E-state index in [0.29, 0.717) is 12.8 Å². The van der Waals surface area contributed by atoms with Crippen LogP contribution in [0.15, 0.2) is 48.6 Å². The summed E-state index contributed by atoms with van der Waals surface area (Å²) in [5.74, 6) is -0.141. The van der Waals surface area contributed by atoms with Gasteiger partial charge in [0.25, 0.3) is 0 Å². The van der Waals surface area contributed by atoms with E-state index in [4.69, 9.17) is 9.47 Å². The molecule has 9 nitrogen and oxygen atoms in total. The van der Waals surface area contributed by atoms with Crippen LogP contribution in [0.2, 0.25) is 0 Å². The summed E-state index contributed by atoms with van der Waals surface area (Å²) in [5, 5.41) is 54.5. The number of hydrogen-bond donors (Lipinski definition) is 6. The quantitative estimate of drug-likeness (QED) is 0.0261. The second kappa shape index (κ2) is 50.7. The zero-order chi connectivity index (χ0) is 50.8. The number of amides is 1. The van der Waals surface area contributed by atoms with E-state index in [0.717, 1.165) is 64.2 Å². The maximum atomic E-state index is 13.1. The van der Waals surface area contributed by atoms with Gasteiger partial charge in [-0.2, -0.15) is 0 Å². The second-order valence-electron chi connectivity index (χ2n) is 20.8. The highest BCUT2D eigenvalue weighted by Crippen LogP contribution is 2.23. The molecule has 1 aliphatic heterocycles. The lowest BCUT2D eigenvalue weighted by Crippen LogP contribution is -2.60. The van der Waals surface area contributed by atoms with Crippen LogP contribution in [0.1, 0.15) is 277 Å². The first-order valence-corrected chi connectivity index (χ1v) is 29.8. The molecule has 0 spiro atoms. The second-order valence-corrected chi connectivity index (χ2v) is 20.8. The first-order valence-electron chi connectivity index (χ1n) is 29.8. The molecule has 6 N–H and O–H groups in total. The number of allylic oxidation sites excluding steroid dienone is 8. The molecule has 0 aliphatic carbocycles. The zero-order valence-corrected chi connectivity index (χ0v) is 45.5. The Morgan fingerprint density at radius 3 is 1.31 bits per heavy atom. The minimum atomic E-state index is -1.55. The summed E-state index contributed by atoms with van der Waals surface area (Å²) in [7, 11) is 0. The van der Waals surface area contributed by atoms with Crippen LogP contribution in [0.4, 0.5) is 0 Å². The molecule has 0 radical (unpaired) electrons. The number of hydrogen-bond acceptors (Lipinski definition) is 8. The highest BCUT2D eigenvalue weighted by molar-refractivity contribution is 5.76. The van der Waals surface area contributed by atoms with Gasteiger partial charge in [0.15, 0.2) is 6.29 Å². The molecule has 1 aliphatic rings. The van der Waals surface area contributed by atoms with Crippen molar-refractivity contribution in [2.24, 2.45) is 0 Å². The number of carbonyl (C=O) groups excluding carboxylic acids is 1. The molecule has 1 fully saturated rings. The van der Waals surface area contributed by atoms with Gasteiger partial charge in [-0.1, -0.05) is 268 Å². The van der Waals surface area contributed by atoms with Crippen molar-refractivity contribution in [2.45, 2.75) is 320 Å². The summed E-state index contributed by atoms with van der Waals surface area (Å²) >= 11 is 0. The Hall–Kier alpha value is -1.85. The van der Waals surface area contributed by atoms with Gasteiger partial charge in [-0.15, -0.1) is 0 Å². The smallest absolute Gasteiger partial charge is 0.220 e. The normalized spacial score (nSPS) is 19.7. The Kier molecular flexibility index (Phi) is 47.9. The summed E-state index contributed by atoms with van der Waals surface area (Å²) in [5.41, 5.74) is 0. The van der Waals surface area contributed by atoms with Crippen molar-refractivity contribution in [3.8, 4) is 0 Å². The standard InChI is InChI=1S/C61H113NO8/c1-3-5-7-9-11-13-15-17-18-19-20-21-22-23-24-25-26-27-28-29-30-31-32-33-34-35-36-37-38-39-41-43-45-47-49-51-57(65)62-54(53-69-61-60(68)59(67)58(66)56(52-63)70-61)55(64)50-48-46-44-42-40-16-14-12-10-8-6-4-2/h5,7,11,13,17-18,20-21,54-56,58-61,63-64,66-68H,3-4,6,8-10,12,14-16,19,22-53H2,1-2H3,(H,62,65)/b7-5-,13-11-,18-17-,21-20-. The number of nitrogens with one attached hydrogen (secondary N) is 1. The predicted molar refractivity (Wildman–Crippen MR) is 295 cm³/mol. The third kappa shape index (κ3) is 39.7. The molecule has 7 atom stereocenters. The fourth-order valence-electron chi connectivity index (χ4n) is 9.51. The van der Waals surface area contributed by atoms with E-state index in [1.54, 1.807) is 0 Å². The van der Waals surface area contributed by atoms with Crippen LogP contribution < -0.4 is 5.32 Å². The van der Waals surface area contributed by atoms with E-state index in [9.17, 15) is 30.3 Å². The Morgan fingerprint density at radius 1 is 0.500 bits per heavy atom. The van der Waals surface area contributed by atoms with E-state index >= 15 is 0 Å². The number of unbranched alkanes of at least 4 members (excludes halogenated alkanes) is 33. The van der Waals surface area contributed by atoms with Crippen LogP contribution in [0.25, 0.3) is 0 Å². The van der Waals surface area contributed by atoms with E-state index < -0.39 is 49.5 Å². The van der Waals surface area contributed by atoms with Crippen molar-refractivity contribution in [1.29, 1.82) is 0 Å². The molecule has 70 heavy (non-hydrogen) atoms. The molecule has 9 heteroatoms. The fraction of sp³-hybridized carbons (Fsp3) is 0.852. The summed E-state index contributed by atoms with van der Waals surface area (Å²) < 4.78 is 11.3. The molecule has 1 heterocycles. The van der Waals surface area contributed by atoms with Gasteiger partial charge in [0.05, 0.1) is 25.4 Å². The van der Waals surface area contributed by atoms with Gasteiger partial charge < -0.3 is 40.3 Å². The topological polar surface area (TPSA) is 149 Å². The average molecular weight is 989 g/mol. The molecule has 0 saturated carbocycles. The lowest BCUT2D eigenvalue weighted by Gasteiger charge is -2.40. The number of carbonyl (C=O) groups is 1. The van der Waals surface area contributed by atoms with Gasteiger partial charge in [-0.25, -0.2) is 0 Å². The first-order chi connectivity index (χ1) is 34.3. The maximum Gasteiger partial charge on any atom is 0.220 e. The number of ether oxygens (including phenoxy) is 2.